The molecule has 1 N–H and O–H groups in total. The minimum atomic E-state index is -0.589. The average Bonchev–Trinajstić information content (AvgIpc) is 2.86. The van der Waals surface area contributed by atoms with E-state index in [2.05, 4.69) is 21.9 Å². The maximum atomic E-state index is 15.3. The molecule has 0 fully saturated rings. The fourth-order valence-electron chi connectivity index (χ4n) is 3.87. The Balaban J connectivity index is 1.78. The number of benzene rings is 3. The minimum Gasteiger partial charge on any atom is -0.495 e. The van der Waals surface area contributed by atoms with Crippen molar-refractivity contribution in [3.05, 3.63) is 82.2 Å². The second-order valence-corrected chi connectivity index (χ2v) is 8.71. The van der Waals surface area contributed by atoms with Crippen molar-refractivity contribution in [3.8, 4) is 22.6 Å². The van der Waals surface area contributed by atoms with E-state index in [0.717, 1.165) is 11.1 Å². The van der Waals surface area contributed by atoms with Gasteiger partial charge < -0.3 is 14.8 Å². The number of methoxy groups -OCH3 is 2. The molecule has 4 aromatic rings. The molecule has 184 valence electrons. The van der Waals surface area contributed by atoms with Crippen LogP contribution in [0.15, 0.2) is 55.3 Å². The molecule has 0 unspecified atom stereocenters. The van der Waals surface area contributed by atoms with Gasteiger partial charge in [0.1, 0.15) is 22.8 Å². The third kappa shape index (κ3) is 4.85. The normalized spacial score (nSPS) is 10.8. The molecule has 0 amide bonds. The van der Waals surface area contributed by atoms with Crippen molar-refractivity contribution in [2.75, 3.05) is 19.5 Å². The first-order chi connectivity index (χ1) is 17.3. The van der Waals surface area contributed by atoms with Crippen molar-refractivity contribution >= 4 is 51.5 Å². The summed E-state index contributed by atoms with van der Waals surface area (Å²) in [5.74, 6) is 0.165. The molecule has 36 heavy (non-hydrogen) atoms. The fourth-order valence-corrected chi connectivity index (χ4v) is 4.59. The summed E-state index contributed by atoms with van der Waals surface area (Å²) in [5.41, 5.74) is 3.23. The lowest BCUT2D eigenvalue weighted by Gasteiger charge is -2.16. The number of aromatic nitrogens is 2. The summed E-state index contributed by atoms with van der Waals surface area (Å²) in [5, 5.41) is 4.02. The number of hydrogen-bond acceptors (Lipinski definition) is 6. The number of anilines is 2. The van der Waals surface area contributed by atoms with Crippen LogP contribution < -0.4 is 14.8 Å². The number of nitrogens with one attached hydrogen (secondary N) is 1. The summed E-state index contributed by atoms with van der Waals surface area (Å²) in [4.78, 5) is 20.7. The Morgan fingerprint density at radius 1 is 1.14 bits per heavy atom. The van der Waals surface area contributed by atoms with E-state index in [1.807, 2.05) is 25.1 Å². The maximum absolute atomic E-state index is 15.3. The van der Waals surface area contributed by atoms with Crippen molar-refractivity contribution in [3.63, 3.8) is 0 Å². The Morgan fingerprint density at radius 3 is 2.47 bits per heavy atom. The van der Waals surface area contributed by atoms with Gasteiger partial charge >= 0.3 is 0 Å². The van der Waals surface area contributed by atoms with Crippen LogP contribution >= 0.6 is 23.2 Å². The van der Waals surface area contributed by atoms with Gasteiger partial charge in [-0.25, -0.2) is 14.4 Å². The highest BCUT2D eigenvalue weighted by Crippen LogP contribution is 2.46. The molecule has 3 aromatic carbocycles. The highest BCUT2D eigenvalue weighted by atomic mass is 35.5. The summed E-state index contributed by atoms with van der Waals surface area (Å²) in [6.07, 6.45) is 2.95. The highest BCUT2D eigenvalue weighted by molar-refractivity contribution is 6.41. The topological polar surface area (TPSA) is 73.3 Å². The summed E-state index contributed by atoms with van der Waals surface area (Å²) in [6.45, 7) is 5.43. The van der Waals surface area contributed by atoms with Crippen LogP contribution in [-0.2, 0) is 11.2 Å². The minimum absolute atomic E-state index is 0.107. The summed E-state index contributed by atoms with van der Waals surface area (Å²) in [6, 6.07) is 10.1. The van der Waals surface area contributed by atoms with E-state index in [4.69, 9.17) is 32.7 Å². The van der Waals surface area contributed by atoms with E-state index in [1.165, 1.54) is 32.6 Å². The molecule has 0 aliphatic carbocycles. The number of aryl methyl sites for hydroxylation is 1. The molecule has 0 aliphatic heterocycles. The van der Waals surface area contributed by atoms with Gasteiger partial charge in [-0.15, -0.1) is 0 Å². The number of ketones is 1. The number of ether oxygens (including phenoxy) is 2. The van der Waals surface area contributed by atoms with Crippen LogP contribution in [0.25, 0.3) is 22.0 Å². The van der Waals surface area contributed by atoms with Gasteiger partial charge in [0.25, 0.3) is 0 Å². The second kappa shape index (κ2) is 10.5. The van der Waals surface area contributed by atoms with E-state index >= 15 is 4.39 Å². The predicted molar refractivity (Wildman–Crippen MR) is 141 cm³/mol. The molecule has 0 atom stereocenters. The van der Waals surface area contributed by atoms with Crippen molar-refractivity contribution < 1.29 is 18.7 Å². The van der Waals surface area contributed by atoms with Crippen LogP contribution in [-0.4, -0.2) is 30.0 Å². The molecule has 0 spiro atoms. The molecule has 0 saturated carbocycles. The number of para-hydroxylation sites is 1. The Morgan fingerprint density at radius 2 is 1.83 bits per heavy atom. The van der Waals surface area contributed by atoms with Crippen molar-refractivity contribution in [1.82, 2.24) is 9.97 Å². The van der Waals surface area contributed by atoms with Gasteiger partial charge in [-0.05, 0) is 41.8 Å². The number of halogens is 3. The molecule has 4 rings (SSSR count). The Kier molecular flexibility index (Phi) is 7.43. The molecule has 0 radical (unpaired) electrons. The van der Waals surface area contributed by atoms with E-state index in [1.54, 1.807) is 12.1 Å². The van der Waals surface area contributed by atoms with Gasteiger partial charge in [0.15, 0.2) is 5.78 Å². The van der Waals surface area contributed by atoms with Crippen LogP contribution in [0.1, 0.15) is 11.1 Å². The number of fused-ring (bicyclic) bond motifs is 1. The van der Waals surface area contributed by atoms with E-state index in [0.29, 0.717) is 33.7 Å². The largest absolute Gasteiger partial charge is 0.495 e. The number of carbonyl (C=O) groups is 1. The second-order valence-electron chi connectivity index (χ2n) is 7.95. The molecule has 0 bridgehead atoms. The third-order valence-electron chi connectivity index (χ3n) is 5.69. The Labute approximate surface area is 217 Å². The number of allylic oxidation sites excluding steroid dienone is 1. The van der Waals surface area contributed by atoms with Crippen molar-refractivity contribution in [2.24, 2.45) is 0 Å². The summed E-state index contributed by atoms with van der Waals surface area (Å²) in [7, 11) is 2.93. The lowest BCUT2D eigenvalue weighted by molar-refractivity contribution is -0.114. The van der Waals surface area contributed by atoms with E-state index in [9.17, 15) is 4.79 Å². The lowest BCUT2D eigenvalue weighted by atomic mass is 10.0. The first kappa shape index (κ1) is 25.4. The zero-order chi connectivity index (χ0) is 26.0. The molecule has 1 aromatic heterocycles. The van der Waals surface area contributed by atoms with Crippen LogP contribution in [0.3, 0.4) is 0 Å². The smallest absolute Gasteiger partial charge is 0.227 e. The lowest BCUT2D eigenvalue weighted by Crippen LogP contribution is -2.06. The molecule has 1 heterocycles. The Hall–Kier alpha value is -3.68. The molecule has 0 aliphatic rings. The quantitative estimate of drug-likeness (QED) is 0.247. The number of hydrogen-bond donors (Lipinski definition) is 1. The molecule has 0 saturated heterocycles. The fraction of sp³-hybridized carbons (Fsp3) is 0.148. The van der Waals surface area contributed by atoms with E-state index in [-0.39, 0.29) is 33.7 Å². The van der Waals surface area contributed by atoms with Gasteiger partial charge in [-0.3, -0.25) is 4.79 Å². The Bertz CT molecular complexity index is 1480. The molecular weight excluding hydrogens is 504 g/mol. The van der Waals surface area contributed by atoms with Crippen LogP contribution in [0, 0.1) is 12.7 Å². The molecule has 6 nitrogen and oxygen atoms in total. The number of carbonyl (C=O) groups excluding carboxylic acids is 1. The highest BCUT2D eigenvalue weighted by Gasteiger charge is 2.21. The van der Waals surface area contributed by atoms with Gasteiger partial charge in [-0.2, -0.15) is 0 Å². The zero-order valence-corrected chi connectivity index (χ0v) is 21.3. The van der Waals surface area contributed by atoms with Gasteiger partial charge in [0, 0.05) is 35.3 Å². The predicted octanol–water partition coefficient (Wildman–Crippen LogP) is 7.11. The van der Waals surface area contributed by atoms with E-state index < -0.39 is 5.82 Å². The van der Waals surface area contributed by atoms with Gasteiger partial charge in [0.05, 0.1) is 24.3 Å². The van der Waals surface area contributed by atoms with Gasteiger partial charge in [-0.1, -0.05) is 48.0 Å². The van der Waals surface area contributed by atoms with Crippen molar-refractivity contribution in [1.29, 1.82) is 0 Å². The third-order valence-corrected chi connectivity index (χ3v) is 6.44. The molecular formula is C27H22Cl2FN3O3. The monoisotopic (exact) mass is 525 g/mol. The summed E-state index contributed by atoms with van der Waals surface area (Å²) >= 11 is 13.0. The standard InChI is InChI=1S/C27H22Cl2FN3O3/c1-5-18(34)10-15-8-6-7-14(2)25(15)32-27-31-13-17-9-16(11-19(30)26(17)33-27)22-23(28)20(35-3)12-21(36-4)24(22)29/h5-9,11-13H,1,10H2,2-4H3,(H,31,32,33). The van der Waals surface area contributed by atoms with Gasteiger partial charge in [0.2, 0.25) is 5.95 Å². The first-order valence-electron chi connectivity index (χ1n) is 10.8. The van der Waals surface area contributed by atoms with Crippen molar-refractivity contribution in [2.45, 2.75) is 13.3 Å². The average molecular weight is 526 g/mol. The van der Waals surface area contributed by atoms with Crippen LogP contribution in [0.5, 0.6) is 11.5 Å². The number of nitrogens with zero attached hydrogens (tertiary/aromatic N) is 2. The zero-order valence-electron chi connectivity index (χ0n) is 19.8. The maximum Gasteiger partial charge on any atom is 0.227 e. The number of rotatable bonds is 8. The van der Waals surface area contributed by atoms with Crippen LogP contribution in [0.4, 0.5) is 16.0 Å². The first-order valence-corrected chi connectivity index (χ1v) is 11.6. The van der Waals surface area contributed by atoms with Crippen LogP contribution in [0.2, 0.25) is 10.0 Å². The SMILES string of the molecule is C=CC(=O)Cc1cccc(C)c1Nc1ncc2cc(-c3c(Cl)c(OC)cc(OC)c3Cl)cc(F)c2n1. The summed E-state index contributed by atoms with van der Waals surface area (Å²) < 4.78 is 26.0. The molecule has 9 heteroatoms.